The number of halogens is 4. The van der Waals surface area contributed by atoms with E-state index < -0.39 is 58.8 Å². The van der Waals surface area contributed by atoms with Gasteiger partial charge in [-0.3, -0.25) is 4.79 Å². The first-order chi connectivity index (χ1) is 49.3. The first-order valence-electron chi connectivity index (χ1n) is 32.1. The molecule has 9 aromatic rings. The van der Waals surface area contributed by atoms with E-state index in [2.05, 4.69) is 82.8 Å². The summed E-state index contributed by atoms with van der Waals surface area (Å²) in [7, 11) is 0. The minimum atomic E-state index is -0.803. The highest BCUT2D eigenvalue weighted by Gasteiger charge is 2.33. The van der Waals surface area contributed by atoms with Crippen molar-refractivity contribution in [3.8, 4) is 29.2 Å². The van der Waals surface area contributed by atoms with Gasteiger partial charge < -0.3 is 78.1 Å². The van der Waals surface area contributed by atoms with Gasteiger partial charge in [0.05, 0.1) is 115 Å². The Morgan fingerprint density at radius 3 is 1.38 bits per heavy atom. The van der Waals surface area contributed by atoms with Gasteiger partial charge in [-0.25, -0.2) is 37.7 Å². The van der Waals surface area contributed by atoms with Crippen LogP contribution < -0.4 is 54.4 Å². The minimum Gasteiger partial charge on any atom is -0.444 e. The smallest absolute Gasteiger partial charge is 0.408 e. The summed E-state index contributed by atoms with van der Waals surface area (Å²) < 4.78 is 70.4. The number of nitrogen functional groups attached to an aromatic ring is 1. The zero-order valence-corrected chi connectivity index (χ0v) is 57.5. The lowest BCUT2D eigenvalue weighted by atomic mass is 10.0. The molecule has 540 valence electrons. The topological polar surface area (TPSA) is 438 Å². The summed E-state index contributed by atoms with van der Waals surface area (Å²) in [6, 6.07) is 26.6. The molecule has 0 bridgehead atoms. The van der Waals surface area contributed by atoms with Crippen molar-refractivity contribution >= 4 is 75.8 Å². The van der Waals surface area contributed by atoms with Crippen LogP contribution in [0.2, 0.25) is 5.15 Å². The second kappa shape index (κ2) is 35.0. The van der Waals surface area contributed by atoms with Crippen LogP contribution in [-0.4, -0.2) is 165 Å². The molecule has 103 heavy (non-hydrogen) atoms. The minimum absolute atomic E-state index is 0.0188. The average molecular weight is 1440 g/mol. The van der Waals surface area contributed by atoms with Crippen LogP contribution in [0.15, 0.2) is 128 Å². The maximum absolute atomic E-state index is 14.9. The molecular formula is C67H76ClF3N24O8. The van der Waals surface area contributed by atoms with Gasteiger partial charge in [0.15, 0.2) is 40.7 Å². The maximum atomic E-state index is 14.9. The van der Waals surface area contributed by atoms with Crippen LogP contribution in [0.1, 0.15) is 82.3 Å². The molecule has 32 nitrogen and oxygen atoms in total. The first-order valence-corrected chi connectivity index (χ1v) is 32.5. The number of primary amides is 1. The van der Waals surface area contributed by atoms with E-state index in [4.69, 9.17) is 57.7 Å². The van der Waals surface area contributed by atoms with Crippen molar-refractivity contribution in [1.29, 1.82) is 10.5 Å². The molecule has 0 radical (unpaired) electrons. The summed E-state index contributed by atoms with van der Waals surface area (Å²) in [4.78, 5) is 53.0. The highest BCUT2D eigenvalue weighted by molar-refractivity contribution is 6.30. The lowest BCUT2D eigenvalue weighted by Crippen LogP contribution is -2.53. The van der Waals surface area contributed by atoms with Crippen LogP contribution in [0.25, 0.3) is 17.1 Å². The monoisotopic (exact) mass is 1440 g/mol. The van der Waals surface area contributed by atoms with Gasteiger partial charge in [0.2, 0.25) is 0 Å². The number of alkyl carbamates (subject to hydrolysis) is 2. The molecule has 0 spiro atoms. The van der Waals surface area contributed by atoms with Crippen LogP contribution in [0.4, 0.5) is 68.9 Å². The SMILES string of the molecule is CC(C)(C)OC(=O)N[C@H]1COCC[C@H]1Nc1nc(Cl)c(C#N)cc1F.CC(C)(C)OC(=O)N[C@H]1COCC[C@H]1Nc1nc(Nc2cccc(-n3nccn3)c2)c(C#N)cc1F.NC(=O)c1cc(F)c(N[C@@H]2CCOC[C@@H]2N)nc1Nc1cccc(-n2nccn2)c1.Nc1cccc(-n2nccn2)c1. The summed E-state index contributed by atoms with van der Waals surface area (Å²) in [5.41, 5.74) is 19.9. The molecule has 3 fully saturated rings. The van der Waals surface area contributed by atoms with E-state index in [1.165, 1.54) is 14.4 Å². The van der Waals surface area contributed by atoms with Crippen LogP contribution in [0.5, 0.6) is 0 Å². The number of amides is 3. The Kier molecular flexibility index (Phi) is 25.7. The third-order valence-electron chi connectivity index (χ3n) is 14.9. The fraction of sp³-hybridized carbons (Fsp3) is 0.343. The van der Waals surface area contributed by atoms with Gasteiger partial charge >= 0.3 is 12.2 Å². The number of aromatic nitrogens is 12. The molecule has 6 atom stereocenters. The fourth-order valence-corrected chi connectivity index (χ4v) is 10.3. The Labute approximate surface area is 594 Å². The Morgan fingerprint density at radius 2 is 0.932 bits per heavy atom. The average Bonchev–Trinajstić information content (AvgIpc) is 1.10. The predicted molar refractivity (Wildman–Crippen MR) is 373 cm³/mol. The second-order valence-electron chi connectivity index (χ2n) is 25.1. The van der Waals surface area contributed by atoms with E-state index in [1.807, 2.05) is 42.5 Å². The molecule has 3 aromatic carbocycles. The molecule has 0 saturated carbocycles. The van der Waals surface area contributed by atoms with Crippen molar-refractivity contribution in [2.75, 3.05) is 72.0 Å². The molecule has 0 aliphatic carbocycles. The van der Waals surface area contributed by atoms with Crippen molar-refractivity contribution in [2.24, 2.45) is 11.5 Å². The summed E-state index contributed by atoms with van der Waals surface area (Å²) >= 11 is 5.86. The van der Waals surface area contributed by atoms with Gasteiger partial charge in [0.25, 0.3) is 5.91 Å². The van der Waals surface area contributed by atoms with Crippen molar-refractivity contribution in [2.45, 2.75) is 108 Å². The number of carbonyl (C=O) groups is 3. The number of carbonyl (C=O) groups excluding carboxylic acids is 3. The Balaban J connectivity index is 0.000000168. The number of hydrogen-bond donors (Lipinski definition) is 10. The molecule has 0 unspecified atom stereocenters. The van der Waals surface area contributed by atoms with Crippen LogP contribution in [-0.2, 0) is 23.7 Å². The van der Waals surface area contributed by atoms with E-state index >= 15 is 0 Å². The molecule has 3 aliphatic rings. The third kappa shape index (κ3) is 22.1. The van der Waals surface area contributed by atoms with Gasteiger partial charge in [0, 0.05) is 49.0 Å². The molecular weight excluding hydrogens is 1360 g/mol. The number of nitrogens with zero attached hydrogens (tertiary/aromatic N) is 14. The van der Waals surface area contributed by atoms with Crippen molar-refractivity contribution in [3.63, 3.8) is 0 Å². The number of nitriles is 2. The normalized spacial score (nSPS) is 17.8. The molecule has 3 saturated heterocycles. The Morgan fingerprint density at radius 1 is 0.534 bits per heavy atom. The number of nitrogens with one attached hydrogen (secondary N) is 7. The van der Waals surface area contributed by atoms with E-state index in [0.29, 0.717) is 74.1 Å². The van der Waals surface area contributed by atoms with Crippen molar-refractivity contribution < 1.29 is 51.2 Å². The highest BCUT2D eigenvalue weighted by atomic mass is 35.5. The van der Waals surface area contributed by atoms with E-state index in [-0.39, 0.29) is 88.3 Å². The van der Waals surface area contributed by atoms with E-state index in [0.717, 1.165) is 23.9 Å². The zero-order chi connectivity index (χ0) is 73.8. The van der Waals surface area contributed by atoms with E-state index in [9.17, 15) is 32.8 Å². The summed E-state index contributed by atoms with van der Waals surface area (Å²) in [6.45, 7) is 12.9. The molecule has 3 amide bonds. The van der Waals surface area contributed by atoms with Gasteiger partial charge in [-0.1, -0.05) is 29.8 Å². The molecule has 9 heterocycles. The van der Waals surface area contributed by atoms with Gasteiger partial charge in [-0.2, -0.15) is 55.5 Å². The van der Waals surface area contributed by atoms with E-state index in [1.54, 1.807) is 121 Å². The van der Waals surface area contributed by atoms with Gasteiger partial charge in [0.1, 0.15) is 34.3 Å². The lowest BCUT2D eigenvalue weighted by molar-refractivity contribution is 0.0312. The predicted octanol–water partition coefficient (Wildman–Crippen LogP) is 8.37. The molecule has 13 N–H and O–H groups in total. The Hall–Kier alpha value is -11.8. The molecule has 36 heteroatoms. The fourth-order valence-electron chi connectivity index (χ4n) is 10.2. The standard InChI is InChI=1S/C24H27FN8O3.C19H21FN8O2.C16H20ClFN4O3.C8H8N4/c1-24(2,3)36-23(34)31-20-14-35-10-7-19(20)30-22-18(25)11-15(13-26)21(32-22)29-16-5-4-6-17(12-16)33-27-8-9-28-33;20-14-9-13(17(22)29)18(27-19(14)26-16-4-7-30-10-15(16)21)25-11-2-1-3-12(8-11)28-23-5-6-24-28;1-16(2,3)25-15(23)21-12-8-24-5-4-11(12)20-14-10(18)6-9(7-19)13(17)22-14;9-7-2-1-3-8(6-7)12-10-4-5-11-12/h4-6,8-9,11-12,19-20H,7,10,14H2,1-3H3,(H,31,34)(H2,29,30,32);1-3,5-6,8-9,15-16H,4,7,10,21H2,(H2,22,29)(H2,25,26,27);6,11-12H,4-5,8H2,1-3H3,(H,20,22)(H,21,23);1-6H,9H2/t19-,20+;15-,16+;11-,12+;/m101./s1. The molecule has 6 aromatic heterocycles. The summed E-state index contributed by atoms with van der Waals surface area (Å²) in [5.74, 6) is -2.72. The lowest BCUT2D eigenvalue weighted by Gasteiger charge is -2.33. The zero-order valence-electron chi connectivity index (χ0n) is 56.7. The molecule has 12 rings (SSSR count). The van der Waals surface area contributed by atoms with Crippen LogP contribution in [0.3, 0.4) is 0 Å². The number of pyridine rings is 3. The quantitative estimate of drug-likeness (QED) is 0.0320. The number of hydrogen-bond acceptors (Lipinski definition) is 26. The number of ether oxygens (including phenoxy) is 5. The summed E-state index contributed by atoms with van der Waals surface area (Å²) in [6.07, 6.45) is 9.98. The van der Waals surface area contributed by atoms with Gasteiger partial charge in [-0.05, 0) is 134 Å². The Bertz CT molecular complexity index is 4420. The first kappa shape index (κ1) is 75.4. The second-order valence-corrected chi connectivity index (χ2v) is 25.4. The molecule has 3 aliphatic heterocycles. The number of benzene rings is 3. The number of rotatable bonds is 16. The highest BCUT2D eigenvalue weighted by Crippen LogP contribution is 2.30. The number of anilines is 8. The van der Waals surface area contributed by atoms with Gasteiger partial charge in [-0.15, -0.1) is 0 Å². The maximum Gasteiger partial charge on any atom is 0.408 e. The van der Waals surface area contributed by atoms with Crippen LogP contribution in [0, 0.1) is 40.1 Å². The summed E-state index contributed by atoms with van der Waals surface area (Å²) in [5, 5.41) is 63.3. The van der Waals surface area contributed by atoms with Crippen LogP contribution >= 0.6 is 11.6 Å². The van der Waals surface area contributed by atoms with Crippen molar-refractivity contribution in [3.05, 3.63) is 167 Å². The largest absolute Gasteiger partial charge is 0.444 e. The third-order valence-corrected chi connectivity index (χ3v) is 15.2. The van der Waals surface area contributed by atoms with Crippen molar-refractivity contribution in [1.82, 2.24) is 70.6 Å². The number of nitrogens with two attached hydrogens (primary N) is 3.